The average molecular weight is 453 g/mol. The number of rotatable bonds is 2. The Kier molecular flexibility index (Phi) is 5.39. The second-order valence-electron chi connectivity index (χ2n) is 8.99. The highest BCUT2D eigenvalue weighted by Gasteiger charge is 2.46. The normalized spacial score (nSPS) is 28.9. The number of ether oxygens (including phenoxy) is 1. The molecule has 0 bridgehead atoms. The maximum atomic E-state index is 13.2. The smallest absolute Gasteiger partial charge is 0.366 e. The molecule has 0 saturated carbocycles. The molecule has 11 heteroatoms. The summed E-state index contributed by atoms with van der Waals surface area (Å²) in [6.45, 7) is 2.53. The Bertz CT molecular complexity index is 874. The number of halogens is 3. The molecule has 174 valence electrons. The first kappa shape index (κ1) is 21.3. The van der Waals surface area contributed by atoms with Crippen LogP contribution in [0.4, 0.5) is 23.8 Å². The molecule has 0 radical (unpaired) electrons. The Morgan fingerprint density at radius 1 is 1.12 bits per heavy atom. The molecule has 5 heterocycles. The number of amides is 3. The number of hydrogen-bond acceptors (Lipinski definition) is 5. The van der Waals surface area contributed by atoms with Gasteiger partial charge in [-0.05, 0) is 30.9 Å². The second-order valence-corrected chi connectivity index (χ2v) is 8.99. The van der Waals surface area contributed by atoms with Crippen molar-refractivity contribution in [1.29, 1.82) is 0 Å². The standard InChI is InChI=1S/C21H26F3N5O3/c22-21(23,24)17-2-1-6-29(17)18-4-3-13(8-25-18)14-9-28(10-14)20(31)27-7-5-16-15(11-27)26-19(30)12-32-16/h3-4,8,14-17H,1-2,5-7,9-12H2,(H,26,30)/t15-,16?,17?/m1/s1. The fraction of sp³-hybridized carbons (Fsp3) is 0.667. The minimum absolute atomic E-state index is 0.0435. The summed E-state index contributed by atoms with van der Waals surface area (Å²) in [7, 11) is 0. The molecule has 3 atom stereocenters. The van der Waals surface area contributed by atoms with Gasteiger partial charge in [0.05, 0.1) is 12.1 Å². The van der Waals surface area contributed by atoms with Crippen molar-refractivity contribution in [2.45, 2.75) is 49.5 Å². The molecule has 1 aromatic rings. The lowest BCUT2D eigenvalue weighted by molar-refractivity contribution is -0.146. The SMILES string of the molecule is O=C1COC2CCN(C(=O)N3CC(c4ccc(N5CCCC5C(F)(F)F)nc4)C3)C[C@H]2N1. The van der Waals surface area contributed by atoms with Gasteiger partial charge in [0.2, 0.25) is 5.91 Å². The van der Waals surface area contributed by atoms with E-state index in [0.717, 1.165) is 5.56 Å². The van der Waals surface area contributed by atoms with Crippen molar-refractivity contribution in [1.82, 2.24) is 20.1 Å². The molecule has 4 aliphatic rings. The zero-order valence-electron chi connectivity index (χ0n) is 17.6. The van der Waals surface area contributed by atoms with Crippen LogP contribution in [0.15, 0.2) is 18.3 Å². The van der Waals surface area contributed by atoms with Crippen molar-refractivity contribution in [2.75, 3.05) is 44.2 Å². The van der Waals surface area contributed by atoms with Gasteiger partial charge >= 0.3 is 12.2 Å². The van der Waals surface area contributed by atoms with Gasteiger partial charge in [-0.1, -0.05) is 6.07 Å². The lowest BCUT2D eigenvalue weighted by Crippen LogP contribution is -2.63. The molecule has 0 spiro atoms. The summed E-state index contributed by atoms with van der Waals surface area (Å²) in [5.41, 5.74) is 0.923. The number of alkyl halides is 3. The van der Waals surface area contributed by atoms with Gasteiger partial charge in [0.15, 0.2) is 0 Å². The van der Waals surface area contributed by atoms with E-state index in [4.69, 9.17) is 4.74 Å². The van der Waals surface area contributed by atoms with Gasteiger partial charge < -0.3 is 24.8 Å². The maximum Gasteiger partial charge on any atom is 0.408 e. The van der Waals surface area contributed by atoms with Gasteiger partial charge in [0, 0.05) is 44.8 Å². The van der Waals surface area contributed by atoms with Crippen molar-refractivity contribution in [3.05, 3.63) is 23.9 Å². The van der Waals surface area contributed by atoms with Gasteiger partial charge in [-0.2, -0.15) is 13.2 Å². The largest absolute Gasteiger partial charge is 0.408 e. The second kappa shape index (κ2) is 8.09. The van der Waals surface area contributed by atoms with E-state index < -0.39 is 12.2 Å². The first-order valence-corrected chi connectivity index (χ1v) is 11.0. The highest BCUT2D eigenvalue weighted by Crippen LogP contribution is 2.36. The fourth-order valence-corrected chi connectivity index (χ4v) is 5.11. The summed E-state index contributed by atoms with van der Waals surface area (Å²) >= 11 is 0. The maximum absolute atomic E-state index is 13.2. The Hall–Kier alpha value is -2.56. The summed E-state index contributed by atoms with van der Waals surface area (Å²) in [4.78, 5) is 33.5. The third-order valence-corrected chi connectivity index (χ3v) is 6.91. The van der Waals surface area contributed by atoms with Crippen molar-refractivity contribution >= 4 is 17.8 Å². The van der Waals surface area contributed by atoms with Crippen LogP contribution < -0.4 is 10.2 Å². The Morgan fingerprint density at radius 2 is 1.94 bits per heavy atom. The number of likely N-dealkylation sites (tertiary alicyclic amines) is 2. The monoisotopic (exact) mass is 453 g/mol. The molecule has 4 saturated heterocycles. The van der Waals surface area contributed by atoms with Gasteiger partial charge in [0.25, 0.3) is 0 Å². The van der Waals surface area contributed by atoms with E-state index in [2.05, 4.69) is 10.3 Å². The van der Waals surface area contributed by atoms with Crippen molar-refractivity contribution in [3.8, 4) is 0 Å². The Balaban J connectivity index is 1.15. The molecule has 4 fully saturated rings. The first-order chi connectivity index (χ1) is 15.3. The van der Waals surface area contributed by atoms with Gasteiger partial charge in [-0.15, -0.1) is 0 Å². The van der Waals surface area contributed by atoms with Crippen molar-refractivity contribution in [2.24, 2.45) is 0 Å². The number of hydrogen-bond donors (Lipinski definition) is 1. The minimum atomic E-state index is -4.26. The van der Waals surface area contributed by atoms with E-state index in [0.29, 0.717) is 51.4 Å². The lowest BCUT2D eigenvalue weighted by atomic mass is 9.92. The molecule has 0 aromatic carbocycles. The molecule has 5 rings (SSSR count). The number of anilines is 1. The average Bonchev–Trinajstić information content (AvgIpc) is 3.23. The third kappa shape index (κ3) is 3.98. The van der Waals surface area contributed by atoms with E-state index in [1.807, 2.05) is 6.07 Å². The Morgan fingerprint density at radius 3 is 2.66 bits per heavy atom. The van der Waals surface area contributed by atoms with Gasteiger partial charge in [0.1, 0.15) is 18.5 Å². The van der Waals surface area contributed by atoms with Crippen LogP contribution >= 0.6 is 0 Å². The summed E-state index contributed by atoms with van der Waals surface area (Å²) in [6, 6.07) is 1.77. The molecule has 8 nitrogen and oxygen atoms in total. The van der Waals surface area contributed by atoms with Crippen LogP contribution in [0, 0.1) is 0 Å². The van der Waals surface area contributed by atoms with Gasteiger partial charge in [-0.25, -0.2) is 9.78 Å². The van der Waals surface area contributed by atoms with Crippen LogP contribution in [-0.4, -0.2) is 90.4 Å². The molecule has 0 aliphatic carbocycles. The van der Waals surface area contributed by atoms with Gasteiger partial charge in [-0.3, -0.25) is 4.79 Å². The van der Waals surface area contributed by atoms with Crippen LogP contribution in [0.3, 0.4) is 0 Å². The van der Waals surface area contributed by atoms with Crippen LogP contribution in [0.1, 0.15) is 30.7 Å². The number of fused-ring (bicyclic) bond motifs is 1. The summed E-state index contributed by atoms with van der Waals surface area (Å²) in [6.07, 6.45) is -1.38. The number of urea groups is 1. The number of nitrogens with zero attached hydrogens (tertiary/aromatic N) is 4. The predicted octanol–water partition coefficient (Wildman–Crippen LogP) is 1.72. The number of piperidine rings is 1. The topological polar surface area (TPSA) is 78.0 Å². The lowest BCUT2D eigenvalue weighted by Gasteiger charge is -2.46. The van der Waals surface area contributed by atoms with E-state index in [1.54, 1.807) is 22.1 Å². The number of nitrogens with one attached hydrogen (secondary N) is 1. The number of pyridine rings is 1. The Labute approximate surface area is 183 Å². The summed E-state index contributed by atoms with van der Waals surface area (Å²) in [5, 5.41) is 2.89. The van der Waals surface area contributed by atoms with E-state index in [1.165, 1.54) is 4.90 Å². The molecule has 4 aliphatic heterocycles. The van der Waals surface area contributed by atoms with Crippen LogP contribution in [0.25, 0.3) is 0 Å². The number of carbonyl (C=O) groups excluding carboxylic acids is 2. The van der Waals surface area contributed by atoms with E-state index >= 15 is 0 Å². The highest BCUT2D eigenvalue weighted by atomic mass is 19.4. The zero-order chi connectivity index (χ0) is 22.5. The number of morpholine rings is 1. The van der Waals surface area contributed by atoms with Crippen LogP contribution in [0.5, 0.6) is 0 Å². The van der Waals surface area contributed by atoms with Crippen molar-refractivity contribution in [3.63, 3.8) is 0 Å². The molecule has 32 heavy (non-hydrogen) atoms. The number of aromatic nitrogens is 1. The van der Waals surface area contributed by atoms with Crippen molar-refractivity contribution < 1.29 is 27.5 Å². The predicted molar refractivity (Wildman–Crippen MR) is 108 cm³/mol. The highest BCUT2D eigenvalue weighted by molar-refractivity contribution is 5.79. The molecule has 3 amide bonds. The zero-order valence-corrected chi connectivity index (χ0v) is 17.6. The molecular weight excluding hydrogens is 427 g/mol. The third-order valence-electron chi connectivity index (χ3n) is 6.91. The summed E-state index contributed by atoms with van der Waals surface area (Å²) < 4.78 is 45.2. The van der Waals surface area contributed by atoms with Crippen LogP contribution in [-0.2, 0) is 9.53 Å². The number of carbonyl (C=O) groups is 2. The molecular formula is C21H26F3N5O3. The first-order valence-electron chi connectivity index (χ1n) is 11.0. The van der Waals surface area contributed by atoms with Crippen LogP contribution in [0.2, 0.25) is 0 Å². The van der Waals surface area contributed by atoms with E-state index in [-0.39, 0.29) is 43.0 Å². The molecule has 2 unspecified atom stereocenters. The van der Waals surface area contributed by atoms with E-state index in [9.17, 15) is 22.8 Å². The fourth-order valence-electron chi connectivity index (χ4n) is 5.11. The molecule has 1 aromatic heterocycles. The summed E-state index contributed by atoms with van der Waals surface area (Å²) in [5.74, 6) is 0.309. The molecule has 1 N–H and O–H groups in total. The quantitative estimate of drug-likeness (QED) is 0.738. The minimum Gasteiger partial charge on any atom is -0.366 e.